The lowest BCUT2D eigenvalue weighted by molar-refractivity contribution is -0.153. The second-order valence-corrected chi connectivity index (χ2v) is 8.88. The second kappa shape index (κ2) is 9.65. The first kappa shape index (κ1) is 22.8. The summed E-state index contributed by atoms with van der Waals surface area (Å²) in [4.78, 5) is 38.5. The highest BCUT2D eigenvalue weighted by atomic mass is 16.5. The van der Waals surface area contributed by atoms with Gasteiger partial charge in [0.2, 0.25) is 5.91 Å². The number of nitrogens with zero attached hydrogens (tertiary/aromatic N) is 1. The number of fused-ring (bicyclic) bond motifs is 3. The summed E-state index contributed by atoms with van der Waals surface area (Å²) in [5.74, 6) is -1.18. The molecule has 0 saturated carbocycles. The Balaban J connectivity index is 1.37. The van der Waals surface area contributed by atoms with E-state index in [-0.39, 0.29) is 12.5 Å². The van der Waals surface area contributed by atoms with Crippen molar-refractivity contribution in [3.8, 4) is 11.1 Å². The van der Waals surface area contributed by atoms with Crippen LogP contribution in [0.3, 0.4) is 0 Å². The molecule has 2 aliphatic rings. The van der Waals surface area contributed by atoms with Crippen molar-refractivity contribution in [3.63, 3.8) is 0 Å². The number of likely N-dealkylation sites (tertiary alicyclic amines) is 1. The smallest absolute Gasteiger partial charge is 0.407 e. The number of carbonyl (C=O) groups is 3. The van der Waals surface area contributed by atoms with Crippen molar-refractivity contribution in [2.24, 2.45) is 5.92 Å². The lowest BCUT2D eigenvalue weighted by Crippen LogP contribution is -2.55. The Morgan fingerprint density at radius 1 is 1.09 bits per heavy atom. The normalized spacial score (nSPS) is 20.5. The maximum Gasteiger partial charge on any atom is 0.407 e. The minimum atomic E-state index is -1.00. The van der Waals surface area contributed by atoms with Gasteiger partial charge in [-0.15, -0.1) is 0 Å². The largest absolute Gasteiger partial charge is 0.480 e. The Kier molecular flexibility index (Phi) is 6.67. The van der Waals surface area contributed by atoms with Gasteiger partial charge in [0.25, 0.3) is 0 Å². The van der Waals surface area contributed by atoms with E-state index < -0.39 is 30.1 Å². The van der Waals surface area contributed by atoms with E-state index in [0.717, 1.165) is 35.1 Å². The van der Waals surface area contributed by atoms with E-state index in [1.807, 2.05) is 43.3 Å². The SMILES string of the molecule is CCC1CCN(C(=O)[C@@H](C)NC(=O)OCC2c3ccccc3-c3ccccc32)C(C(=O)O)C1. The number of alkyl carbamates (subject to hydrolysis) is 1. The van der Waals surface area contributed by atoms with Crippen LogP contribution in [0.15, 0.2) is 48.5 Å². The van der Waals surface area contributed by atoms with Crippen molar-refractivity contribution in [2.75, 3.05) is 13.2 Å². The van der Waals surface area contributed by atoms with Crippen molar-refractivity contribution >= 4 is 18.0 Å². The number of hydrogen-bond acceptors (Lipinski definition) is 4. The van der Waals surface area contributed by atoms with Gasteiger partial charge in [-0.25, -0.2) is 9.59 Å². The number of hydrogen-bond donors (Lipinski definition) is 2. The molecule has 0 aromatic heterocycles. The van der Waals surface area contributed by atoms with Crippen LogP contribution in [0, 0.1) is 5.92 Å². The first-order valence-electron chi connectivity index (χ1n) is 11.6. The van der Waals surface area contributed by atoms with E-state index in [2.05, 4.69) is 17.4 Å². The molecule has 0 spiro atoms. The maximum absolute atomic E-state index is 12.9. The maximum atomic E-state index is 12.9. The third-order valence-electron chi connectivity index (χ3n) is 6.91. The lowest BCUT2D eigenvalue weighted by atomic mass is 9.88. The number of nitrogens with one attached hydrogen (secondary N) is 1. The number of carboxylic acid groups (broad SMARTS) is 1. The fraction of sp³-hybridized carbons (Fsp3) is 0.423. The summed E-state index contributed by atoms with van der Waals surface area (Å²) < 4.78 is 5.52. The van der Waals surface area contributed by atoms with Crippen molar-refractivity contribution in [1.82, 2.24) is 10.2 Å². The monoisotopic (exact) mass is 450 g/mol. The summed E-state index contributed by atoms with van der Waals surface area (Å²) >= 11 is 0. The number of carboxylic acids is 1. The minimum absolute atomic E-state index is 0.0707. The molecule has 7 heteroatoms. The molecule has 2 aromatic rings. The summed E-state index contributed by atoms with van der Waals surface area (Å²) in [7, 11) is 0. The molecular formula is C26H30N2O5. The van der Waals surface area contributed by atoms with Gasteiger partial charge in [0.1, 0.15) is 18.7 Å². The Morgan fingerprint density at radius 2 is 1.70 bits per heavy atom. The fourth-order valence-corrected chi connectivity index (χ4v) is 5.03. The molecule has 33 heavy (non-hydrogen) atoms. The molecule has 2 amide bonds. The van der Waals surface area contributed by atoms with Gasteiger partial charge in [-0.05, 0) is 47.9 Å². The predicted octanol–water partition coefficient (Wildman–Crippen LogP) is 4.02. The van der Waals surface area contributed by atoms with E-state index in [9.17, 15) is 19.5 Å². The number of ether oxygens (including phenoxy) is 1. The average molecular weight is 451 g/mol. The highest BCUT2D eigenvalue weighted by molar-refractivity contribution is 5.89. The Labute approximate surface area is 193 Å². The fourth-order valence-electron chi connectivity index (χ4n) is 5.03. The zero-order valence-corrected chi connectivity index (χ0v) is 19.0. The number of aliphatic carboxylic acids is 1. The van der Waals surface area contributed by atoms with Crippen molar-refractivity contribution in [1.29, 1.82) is 0 Å². The predicted molar refractivity (Wildman–Crippen MR) is 124 cm³/mol. The second-order valence-electron chi connectivity index (χ2n) is 8.88. The molecule has 4 rings (SSSR count). The summed E-state index contributed by atoms with van der Waals surface area (Å²) in [5.41, 5.74) is 4.50. The molecular weight excluding hydrogens is 420 g/mol. The van der Waals surface area contributed by atoms with E-state index >= 15 is 0 Å². The van der Waals surface area contributed by atoms with Crippen LogP contribution in [-0.4, -0.2) is 53.2 Å². The van der Waals surface area contributed by atoms with Gasteiger partial charge in [0.05, 0.1) is 0 Å². The molecule has 1 saturated heterocycles. The molecule has 2 unspecified atom stereocenters. The minimum Gasteiger partial charge on any atom is -0.480 e. The van der Waals surface area contributed by atoms with Crippen LogP contribution in [0.4, 0.5) is 4.79 Å². The molecule has 2 aromatic carbocycles. The molecule has 1 aliphatic carbocycles. The van der Waals surface area contributed by atoms with Gasteiger partial charge in [-0.2, -0.15) is 0 Å². The van der Waals surface area contributed by atoms with E-state index in [0.29, 0.717) is 18.9 Å². The van der Waals surface area contributed by atoms with Gasteiger partial charge < -0.3 is 20.1 Å². The first-order valence-corrected chi connectivity index (χ1v) is 11.6. The van der Waals surface area contributed by atoms with Crippen LogP contribution in [0.2, 0.25) is 0 Å². The molecule has 1 heterocycles. The molecule has 3 atom stereocenters. The van der Waals surface area contributed by atoms with Crippen LogP contribution >= 0.6 is 0 Å². The molecule has 1 fully saturated rings. The van der Waals surface area contributed by atoms with E-state index in [1.165, 1.54) is 4.90 Å². The van der Waals surface area contributed by atoms with Crippen LogP contribution < -0.4 is 5.32 Å². The van der Waals surface area contributed by atoms with Crippen LogP contribution in [-0.2, 0) is 14.3 Å². The van der Waals surface area contributed by atoms with Crippen LogP contribution in [0.1, 0.15) is 50.2 Å². The summed E-state index contributed by atoms with van der Waals surface area (Å²) in [6.07, 6.45) is 1.41. The van der Waals surface area contributed by atoms with E-state index in [1.54, 1.807) is 6.92 Å². The van der Waals surface area contributed by atoms with Gasteiger partial charge >= 0.3 is 12.1 Å². The topological polar surface area (TPSA) is 95.9 Å². The van der Waals surface area contributed by atoms with Crippen molar-refractivity contribution in [2.45, 2.75) is 51.1 Å². The summed E-state index contributed by atoms with van der Waals surface area (Å²) in [6.45, 7) is 4.13. The molecule has 0 bridgehead atoms. The molecule has 1 aliphatic heterocycles. The quantitative estimate of drug-likeness (QED) is 0.693. The number of amides is 2. The third kappa shape index (κ3) is 4.58. The Morgan fingerprint density at radius 3 is 2.27 bits per heavy atom. The zero-order chi connectivity index (χ0) is 23.5. The number of piperidine rings is 1. The Bertz CT molecular complexity index is 1010. The van der Waals surface area contributed by atoms with Crippen LogP contribution in [0.25, 0.3) is 11.1 Å². The van der Waals surface area contributed by atoms with Gasteiger partial charge in [0, 0.05) is 12.5 Å². The molecule has 0 radical (unpaired) electrons. The number of rotatable bonds is 6. The average Bonchev–Trinajstić information content (AvgIpc) is 3.15. The van der Waals surface area contributed by atoms with Crippen molar-refractivity contribution < 1.29 is 24.2 Å². The highest BCUT2D eigenvalue weighted by Gasteiger charge is 2.37. The van der Waals surface area contributed by atoms with Gasteiger partial charge in [0.15, 0.2) is 0 Å². The van der Waals surface area contributed by atoms with Gasteiger partial charge in [-0.3, -0.25) is 4.79 Å². The lowest BCUT2D eigenvalue weighted by Gasteiger charge is -2.38. The standard InChI is InChI=1S/C26H30N2O5/c1-3-17-12-13-28(23(14-17)25(30)31)24(29)16(2)27-26(32)33-15-22-20-10-6-4-8-18(20)19-9-5-7-11-21(19)22/h4-11,16-17,22-23H,3,12-15H2,1-2H3,(H,27,32)(H,30,31)/t16-,17?,23?/m1/s1. The molecule has 174 valence electrons. The van der Waals surface area contributed by atoms with Crippen molar-refractivity contribution in [3.05, 3.63) is 59.7 Å². The zero-order valence-electron chi connectivity index (χ0n) is 19.0. The number of benzene rings is 2. The highest BCUT2D eigenvalue weighted by Crippen LogP contribution is 2.44. The summed E-state index contributed by atoms with van der Waals surface area (Å²) in [5, 5.41) is 12.2. The number of carbonyl (C=O) groups excluding carboxylic acids is 2. The third-order valence-corrected chi connectivity index (χ3v) is 6.91. The molecule has 7 nitrogen and oxygen atoms in total. The van der Waals surface area contributed by atoms with Crippen LogP contribution in [0.5, 0.6) is 0 Å². The summed E-state index contributed by atoms with van der Waals surface area (Å²) in [6, 6.07) is 14.4. The van der Waals surface area contributed by atoms with E-state index in [4.69, 9.17) is 4.74 Å². The van der Waals surface area contributed by atoms with Gasteiger partial charge in [-0.1, -0.05) is 61.9 Å². The molecule has 2 N–H and O–H groups in total. The Hall–Kier alpha value is -3.35. The first-order chi connectivity index (χ1) is 15.9.